The molecule has 26 heavy (non-hydrogen) atoms. The van der Waals surface area contributed by atoms with Gasteiger partial charge in [-0.2, -0.15) is 0 Å². The molecule has 3 atom stereocenters. The molecule has 0 aromatic carbocycles. The summed E-state index contributed by atoms with van der Waals surface area (Å²) in [4.78, 5) is 7.35. The van der Waals surface area contributed by atoms with E-state index in [-0.39, 0.29) is 11.5 Å². The highest BCUT2D eigenvalue weighted by atomic mass is 16.5. The normalized spacial score (nSPS) is 29.6. The Balaban J connectivity index is 1.94. The fourth-order valence-electron chi connectivity index (χ4n) is 4.06. The first-order chi connectivity index (χ1) is 12.5. The van der Waals surface area contributed by atoms with Crippen LogP contribution in [0.15, 0.2) is 4.99 Å². The molecular weight excluding hydrogens is 328 g/mol. The number of aliphatic hydroxyl groups is 1. The third kappa shape index (κ3) is 6.10. The van der Waals surface area contributed by atoms with Crippen molar-refractivity contribution in [1.82, 2.24) is 15.5 Å². The van der Waals surface area contributed by atoms with Crippen LogP contribution in [0.1, 0.15) is 53.4 Å². The van der Waals surface area contributed by atoms with Crippen molar-refractivity contribution in [3.8, 4) is 0 Å². The van der Waals surface area contributed by atoms with Crippen molar-refractivity contribution < 1.29 is 9.84 Å². The predicted octanol–water partition coefficient (Wildman–Crippen LogP) is 1.84. The van der Waals surface area contributed by atoms with Gasteiger partial charge in [0.05, 0.1) is 25.9 Å². The third-order valence-corrected chi connectivity index (χ3v) is 5.99. The number of nitrogens with zero attached hydrogens (tertiary/aromatic N) is 2. The van der Waals surface area contributed by atoms with Gasteiger partial charge in [0.15, 0.2) is 5.96 Å². The molecular formula is C20H40N4O2. The second kappa shape index (κ2) is 10.5. The summed E-state index contributed by atoms with van der Waals surface area (Å²) in [6.07, 6.45) is 4.05. The number of aliphatic hydroxyl groups excluding tert-OH is 1. The van der Waals surface area contributed by atoms with Gasteiger partial charge in [-0.05, 0) is 25.7 Å². The summed E-state index contributed by atoms with van der Waals surface area (Å²) in [6.45, 7) is 14.9. The molecule has 1 heterocycles. The average molecular weight is 369 g/mol. The summed E-state index contributed by atoms with van der Waals surface area (Å²) in [6, 6.07) is 0.471. The molecule has 0 aromatic heterocycles. The van der Waals surface area contributed by atoms with Gasteiger partial charge in [-0.25, -0.2) is 0 Å². The third-order valence-electron chi connectivity index (χ3n) is 5.99. The molecule has 1 saturated heterocycles. The summed E-state index contributed by atoms with van der Waals surface area (Å²) in [5.41, 5.74) is -0.0950. The Hall–Kier alpha value is -0.850. The molecule has 6 nitrogen and oxygen atoms in total. The van der Waals surface area contributed by atoms with Gasteiger partial charge in [-0.3, -0.25) is 9.89 Å². The lowest BCUT2D eigenvalue weighted by atomic mass is 9.73. The summed E-state index contributed by atoms with van der Waals surface area (Å²) in [5, 5.41) is 17.3. The van der Waals surface area contributed by atoms with Crippen molar-refractivity contribution in [3.05, 3.63) is 0 Å². The van der Waals surface area contributed by atoms with Crippen LogP contribution in [0.4, 0.5) is 0 Å². The maximum Gasteiger partial charge on any atom is 0.191 e. The summed E-state index contributed by atoms with van der Waals surface area (Å²) >= 11 is 0. The molecule has 0 amide bonds. The van der Waals surface area contributed by atoms with E-state index < -0.39 is 0 Å². The van der Waals surface area contributed by atoms with Crippen LogP contribution in [0.25, 0.3) is 0 Å². The first kappa shape index (κ1) is 21.5. The van der Waals surface area contributed by atoms with Gasteiger partial charge in [-0.15, -0.1) is 0 Å². The van der Waals surface area contributed by atoms with Gasteiger partial charge in [0, 0.05) is 37.6 Å². The van der Waals surface area contributed by atoms with Gasteiger partial charge < -0.3 is 20.5 Å². The Bertz CT molecular complexity index is 438. The van der Waals surface area contributed by atoms with E-state index in [0.29, 0.717) is 18.5 Å². The fraction of sp³-hybridized carbons (Fsp3) is 0.950. The molecule has 1 aliphatic heterocycles. The molecule has 0 bridgehead atoms. The molecule has 0 aromatic rings. The molecule has 2 fully saturated rings. The van der Waals surface area contributed by atoms with E-state index in [0.717, 1.165) is 64.6 Å². The fourth-order valence-corrected chi connectivity index (χ4v) is 4.06. The SMILES string of the molecule is CCNC(=NCC1(C)CCCCC1O)NCC(C(C)C)N1CCOCC1. The van der Waals surface area contributed by atoms with Crippen LogP contribution in [0.5, 0.6) is 0 Å². The monoisotopic (exact) mass is 368 g/mol. The second-order valence-corrected chi connectivity index (χ2v) is 8.45. The minimum absolute atomic E-state index is 0.0950. The Morgan fingerprint density at radius 1 is 1.27 bits per heavy atom. The standard InChI is InChI=1S/C20H40N4O2/c1-5-21-19(23-15-20(4)9-7-6-8-18(20)25)22-14-17(16(2)3)24-10-12-26-13-11-24/h16-18,25H,5-15H2,1-4H3,(H2,21,22,23). The topological polar surface area (TPSA) is 69.1 Å². The molecule has 1 saturated carbocycles. The largest absolute Gasteiger partial charge is 0.392 e. The zero-order valence-electron chi connectivity index (χ0n) is 17.3. The zero-order valence-corrected chi connectivity index (χ0v) is 17.3. The Morgan fingerprint density at radius 3 is 2.62 bits per heavy atom. The van der Waals surface area contributed by atoms with E-state index >= 15 is 0 Å². The van der Waals surface area contributed by atoms with Gasteiger partial charge in [-0.1, -0.05) is 33.6 Å². The van der Waals surface area contributed by atoms with Crippen LogP contribution in [-0.2, 0) is 4.74 Å². The highest BCUT2D eigenvalue weighted by Crippen LogP contribution is 2.36. The number of rotatable bonds is 7. The zero-order chi connectivity index (χ0) is 19.0. The van der Waals surface area contributed by atoms with Gasteiger partial charge in [0.25, 0.3) is 0 Å². The van der Waals surface area contributed by atoms with Crippen LogP contribution in [-0.4, -0.2) is 74.0 Å². The van der Waals surface area contributed by atoms with Crippen LogP contribution in [0, 0.1) is 11.3 Å². The number of hydrogen-bond acceptors (Lipinski definition) is 4. The number of morpholine rings is 1. The summed E-state index contributed by atoms with van der Waals surface area (Å²) in [7, 11) is 0. The van der Waals surface area contributed by atoms with E-state index in [1.165, 1.54) is 6.42 Å². The predicted molar refractivity (Wildman–Crippen MR) is 108 cm³/mol. The summed E-state index contributed by atoms with van der Waals surface area (Å²) < 4.78 is 5.50. The van der Waals surface area contributed by atoms with E-state index in [1.54, 1.807) is 0 Å². The molecule has 0 radical (unpaired) electrons. The highest BCUT2D eigenvalue weighted by Gasteiger charge is 2.35. The average Bonchev–Trinajstić information content (AvgIpc) is 2.63. The van der Waals surface area contributed by atoms with Crippen LogP contribution < -0.4 is 10.6 Å². The van der Waals surface area contributed by atoms with Crippen molar-refractivity contribution in [2.75, 3.05) is 45.9 Å². The van der Waals surface area contributed by atoms with Gasteiger partial charge in [0.2, 0.25) is 0 Å². The first-order valence-corrected chi connectivity index (χ1v) is 10.5. The van der Waals surface area contributed by atoms with Crippen LogP contribution >= 0.6 is 0 Å². The number of hydrogen-bond donors (Lipinski definition) is 3. The number of nitrogens with one attached hydrogen (secondary N) is 2. The highest BCUT2D eigenvalue weighted by molar-refractivity contribution is 5.79. The Morgan fingerprint density at radius 2 is 2.00 bits per heavy atom. The lowest BCUT2D eigenvalue weighted by Gasteiger charge is -2.38. The quantitative estimate of drug-likeness (QED) is 0.473. The Labute approximate surface area is 159 Å². The first-order valence-electron chi connectivity index (χ1n) is 10.5. The van der Waals surface area contributed by atoms with Crippen molar-refractivity contribution in [2.24, 2.45) is 16.3 Å². The van der Waals surface area contributed by atoms with E-state index in [9.17, 15) is 5.11 Å². The second-order valence-electron chi connectivity index (χ2n) is 8.45. The van der Waals surface area contributed by atoms with Crippen molar-refractivity contribution in [3.63, 3.8) is 0 Å². The maximum absolute atomic E-state index is 10.4. The lowest BCUT2D eigenvalue weighted by Crippen LogP contribution is -2.52. The number of ether oxygens (including phenoxy) is 1. The molecule has 1 aliphatic carbocycles. The van der Waals surface area contributed by atoms with Crippen LogP contribution in [0.2, 0.25) is 0 Å². The van der Waals surface area contributed by atoms with Crippen molar-refractivity contribution in [1.29, 1.82) is 0 Å². The minimum atomic E-state index is -0.236. The summed E-state index contributed by atoms with van der Waals surface area (Å²) in [5.74, 6) is 1.44. The molecule has 6 heteroatoms. The molecule has 3 N–H and O–H groups in total. The van der Waals surface area contributed by atoms with Gasteiger partial charge in [0.1, 0.15) is 0 Å². The van der Waals surface area contributed by atoms with Gasteiger partial charge >= 0.3 is 0 Å². The lowest BCUT2D eigenvalue weighted by molar-refractivity contribution is 0.00655. The van der Waals surface area contributed by atoms with Crippen LogP contribution in [0.3, 0.4) is 0 Å². The Kier molecular flexibility index (Phi) is 8.64. The molecule has 152 valence electrons. The van der Waals surface area contributed by atoms with E-state index in [2.05, 4.69) is 43.2 Å². The molecule has 2 rings (SSSR count). The van der Waals surface area contributed by atoms with E-state index in [4.69, 9.17) is 9.73 Å². The van der Waals surface area contributed by atoms with Crippen molar-refractivity contribution in [2.45, 2.75) is 65.5 Å². The number of guanidine groups is 1. The molecule has 3 unspecified atom stereocenters. The maximum atomic E-state index is 10.4. The van der Waals surface area contributed by atoms with E-state index in [1.807, 2.05) is 0 Å². The molecule has 0 spiro atoms. The minimum Gasteiger partial charge on any atom is -0.392 e. The molecule has 2 aliphatic rings. The smallest absolute Gasteiger partial charge is 0.191 e. The van der Waals surface area contributed by atoms with Crippen molar-refractivity contribution >= 4 is 5.96 Å². The number of aliphatic imine (C=N–C) groups is 1.